The van der Waals surface area contributed by atoms with Gasteiger partial charge >= 0.3 is 0 Å². The van der Waals surface area contributed by atoms with Crippen LogP contribution in [-0.2, 0) is 16.6 Å². The molecule has 0 unspecified atom stereocenters. The van der Waals surface area contributed by atoms with Crippen molar-refractivity contribution in [3.05, 3.63) is 70.1 Å². The summed E-state index contributed by atoms with van der Waals surface area (Å²) in [6.07, 6.45) is 0. The predicted molar refractivity (Wildman–Crippen MR) is 120 cm³/mol. The molecule has 0 radical (unpaired) electrons. The zero-order chi connectivity index (χ0) is 21.6. The van der Waals surface area contributed by atoms with Crippen LogP contribution in [0, 0.1) is 0 Å². The topological polar surface area (TPSA) is 66.9 Å². The summed E-state index contributed by atoms with van der Waals surface area (Å²) in [5.74, 6) is 0.751. The van der Waals surface area contributed by atoms with Crippen molar-refractivity contribution in [2.75, 3.05) is 26.2 Å². The van der Waals surface area contributed by atoms with Crippen molar-refractivity contribution in [3.63, 3.8) is 0 Å². The fourth-order valence-corrected chi connectivity index (χ4v) is 6.97. The van der Waals surface area contributed by atoms with Gasteiger partial charge in [-0.3, -0.25) is 4.79 Å². The van der Waals surface area contributed by atoms with Crippen molar-refractivity contribution >= 4 is 38.9 Å². The smallest absolute Gasteiger partial charge is 0.264 e. The lowest BCUT2D eigenvalue weighted by molar-refractivity contribution is 0.0702. The fraction of sp³-hybridized carbons (Fsp3) is 0.227. The number of para-hydroxylation sites is 1. The van der Waals surface area contributed by atoms with E-state index in [1.807, 2.05) is 30.3 Å². The summed E-state index contributed by atoms with van der Waals surface area (Å²) in [5.41, 5.74) is 2.01. The Hall–Kier alpha value is -2.39. The van der Waals surface area contributed by atoms with Gasteiger partial charge in [0.15, 0.2) is 0 Å². The molecule has 0 N–H and O–H groups in total. The van der Waals surface area contributed by atoms with Crippen LogP contribution in [0.4, 0.5) is 0 Å². The molecule has 0 spiro atoms. The van der Waals surface area contributed by atoms with Crippen LogP contribution >= 0.6 is 22.9 Å². The molecule has 1 fully saturated rings. The molecule has 3 aromatic rings. The van der Waals surface area contributed by atoms with E-state index in [9.17, 15) is 13.2 Å². The van der Waals surface area contributed by atoms with E-state index in [1.165, 1.54) is 21.7 Å². The van der Waals surface area contributed by atoms with Gasteiger partial charge in [0.05, 0.1) is 9.90 Å². The summed E-state index contributed by atoms with van der Waals surface area (Å²) in [6, 6.07) is 16.1. The van der Waals surface area contributed by atoms with Crippen molar-refractivity contribution in [1.82, 2.24) is 9.21 Å². The molecule has 0 saturated carbocycles. The second kappa shape index (κ2) is 7.94. The first-order valence-corrected chi connectivity index (χ1v) is 12.5. The molecule has 2 aromatic carbocycles. The maximum atomic E-state index is 13.1. The van der Waals surface area contributed by atoms with Gasteiger partial charge in [-0.1, -0.05) is 35.9 Å². The zero-order valence-electron chi connectivity index (χ0n) is 16.5. The van der Waals surface area contributed by atoms with Gasteiger partial charge in [-0.25, -0.2) is 8.42 Å². The van der Waals surface area contributed by atoms with E-state index in [4.69, 9.17) is 16.3 Å². The maximum absolute atomic E-state index is 13.1. The minimum absolute atomic E-state index is 0.0772. The first-order chi connectivity index (χ1) is 14.9. The van der Waals surface area contributed by atoms with E-state index in [1.54, 1.807) is 23.1 Å². The van der Waals surface area contributed by atoms with Gasteiger partial charge < -0.3 is 9.64 Å². The lowest BCUT2D eigenvalue weighted by Gasteiger charge is -2.33. The molecule has 2 aliphatic rings. The molecule has 3 heterocycles. The fourth-order valence-electron chi connectivity index (χ4n) is 3.89. The first kappa shape index (κ1) is 20.5. The number of ether oxygens (including phenoxy) is 1. The average molecular weight is 475 g/mol. The first-order valence-electron chi connectivity index (χ1n) is 9.84. The Morgan fingerprint density at radius 2 is 1.71 bits per heavy atom. The Morgan fingerprint density at radius 1 is 1.00 bits per heavy atom. The van der Waals surface area contributed by atoms with Crippen LogP contribution in [0.5, 0.6) is 5.75 Å². The molecule has 5 rings (SSSR count). The number of carbonyl (C=O) groups is 1. The molecule has 31 heavy (non-hydrogen) atoms. The van der Waals surface area contributed by atoms with E-state index in [0.29, 0.717) is 24.6 Å². The van der Waals surface area contributed by atoms with E-state index in [-0.39, 0.29) is 28.9 Å². The molecule has 1 amide bonds. The Kier molecular flexibility index (Phi) is 5.26. The number of nitrogens with zero attached hydrogens (tertiary/aromatic N) is 2. The number of amides is 1. The highest BCUT2D eigenvalue weighted by atomic mass is 35.5. The maximum Gasteiger partial charge on any atom is 0.264 e. The highest BCUT2D eigenvalue weighted by Crippen LogP contribution is 2.42. The SMILES string of the molecule is O=C(c1cc2c(s1)-c1ccccc1OC2)N1CCN(S(=O)(=O)c2ccccc2Cl)CC1. The number of hydrogen-bond acceptors (Lipinski definition) is 5. The quantitative estimate of drug-likeness (QED) is 0.573. The third-order valence-corrected chi connectivity index (χ3v) is 9.11. The van der Waals surface area contributed by atoms with Gasteiger partial charge in [0.1, 0.15) is 17.3 Å². The van der Waals surface area contributed by atoms with Crippen molar-refractivity contribution in [2.24, 2.45) is 0 Å². The van der Waals surface area contributed by atoms with E-state index in [0.717, 1.165) is 21.8 Å². The number of benzene rings is 2. The number of hydrogen-bond donors (Lipinski definition) is 0. The molecule has 6 nitrogen and oxygen atoms in total. The summed E-state index contributed by atoms with van der Waals surface area (Å²) in [7, 11) is -3.69. The largest absolute Gasteiger partial charge is 0.488 e. The van der Waals surface area contributed by atoms with Crippen LogP contribution in [0.1, 0.15) is 15.2 Å². The minimum Gasteiger partial charge on any atom is -0.488 e. The Morgan fingerprint density at radius 3 is 2.48 bits per heavy atom. The molecule has 2 aliphatic heterocycles. The predicted octanol–water partition coefficient (Wildman–Crippen LogP) is 4.11. The normalized spacial score (nSPS) is 16.4. The Balaban J connectivity index is 1.32. The number of sulfonamides is 1. The summed E-state index contributed by atoms with van der Waals surface area (Å²) in [6.45, 7) is 1.57. The number of thiophene rings is 1. The summed E-state index contributed by atoms with van der Waals surface area (Å²) in [4.78, 5) is 16.6. The van der Waals surface area contributed by atoms with Crippen LogP contribution < -0.4 is 4.74 Å². The number of halogens is 1. The average Bonchev–Trinajstić information content (AvgIpc) is 3.24. The van der Waals surface area contributed by atoms with Gasteiger partial charge in [0, 0.05) is 42.2 Å². The highest BCUT2D eigenvalue weighted by Gasteiger charge is 2.32. The molecule has 0 atom stereocenters. The van der Waals surface area contributed by atoms with Gasteiger partial charge in [-0.2, -0.15) is 4.31 Å². The van der Waals surface area contributed by atoms with E-state index in [2.05, 4.69) is 0 Å². The third-order valence-electron chi connectivity index (χ3n) is 5.51. The Bertz CT molecular complexity index is 1260. The van der Waals surface area contributed by atoms with E-state index < -0.39 is 10.0 Å². The van der Waals surface area contributed by atoms with Crippen molar-refractivity contribution in [3.8, 4) is 16.2 Å². The van der Waals surface area contributed by atoms with Crippen molar-refractivity contribution in [1.29, 1.82) is 0 Å². The molecule has 9 heteroatoms. The summed E-state index contributed by atoms with van der Waals surface area (Å²) in [5, 5.41) is 0.202. The lowest BCUT2D eigenvalue weighted by Crippen LogP contribution is -2.50. The Labute approximate surface area is 189 Å². The van der Waals surface area contributed by atoms with Gasteiger partial charge in [-0.05, 0) is 30.3 Å². The monoisotopic (exact) mass is 474 g/mol. The van der Waals surface area contributed by atoms with Crippen LogP contribution in [0.3, 0.4) is 0 Å². The third kappa shape index (κ3) is 3.63. The minimum atomic E-state index is -3.69. The van der Waals surface area contributed by atoms with Crippen LogP contribution in [-0.4, -0.2) is 49.7 Å². The van der Waals surface area contributed by atoms with Crippen molar-refractivity contribution in [2.45, 2.75) is 11.5 Å². The van der Waals surface area contributed by atoms with Crippen LogP contribution in [0.25, 0.3) is 10.4 Å². The molecule has 1 aromatic heterocycles. The second-order valence-electron chi connectivity index (χ2n) is 7.38. The molecular formula is C22H19ClN2O4S2. The summed E-state index contributed by atoms with van der Waals surface area (Å²) < 4.78 is 33.0. The number of rotatable bonds is 3. The highest BCUT2D eigenvalue weighted by molar-refractivity contribution is 7.89. The van der Waals surface area contributed by atoms with Crippen LogP contribution in [0.15, 0.2) is 59.5 Å². The van der Waals surface area contributed by atoms with E-state index >= 15 is 0 Å². The molecule has 0 aliphatic carbocycles. The lowest BCUT2D eigenvalue weighted by atomic mass is 10.1. The molecule has 1 saturated heterocycles. The standard InChI is InChI=1S/C22H19ClN2O4S2/c23-17-6-2-4-8-20(17)31(27,28)25-11-9-24(10-12-25)22(26)19-13-15-14-29-18-7-3-1-5-16(18)21(15)30-19/h1-8,13H,9-12,14H2. The number of fused-ring (bicyclic) bond motifs is 3. The van der Waals surface area contributed by atoms with Crippen molar-refractivity contribution < 1.29 is 17.9 Å². The molecular weight excluding hydrogens is 456 g/mol. The molecule has 160 valence electrons. The number of carbonyl (C=O) groups excluding carboxylic acids is 1. The second-order valence-corrected chi connectivity index (χ2v) is 10.7. The zero-order valence-corrected chi connectivity index (χ0v) is 18.8. The van der Waals surface area contributed by atoms with Crippen LogP contribution in [0.2, 0.25) is 5.02 Å². The van der Waals surface area contributed by atoms with Gasteiger partial charge in [0.25, 0.3) is 5.91 Å². The molecule has 0 bridgehead atoms. The number of piperazine rings is 1. The van der Waals surface area contributed by atoms with Gasteiger partial charge in [-0.15, -0.1) is 11.3 Å². The summed E-state index contributed by atoms with van der Waals surface area (Å²) >= 11 is 7.56. The van der Waals surface area contributed by atoms with Gasteiger partial charge in [0.2, 0.25) is 10.0 Å².